The van der Waals surface area contributed by atoms with Crippen LogP contribution in [0.3, 0.4) is 0 Å². The lowest BCUT2D eigenvalue weighted by Gasteiger charge is -2.49. The minimum atomic E-state index is 0.222. The van der Waals surface area contributed by atoms with Gasteiger partial charge < -0.3 is 23.8 Å². The second-order valence-corrected chi connectivity index (χ2v) is 7.49. The van der Waals surface area contributed by atoms with Crippen LogP contribution in [0.4, 0.5) is 0 Å². The molecule has 26 heavy (non-hydrogen) atoms. The Morgan fingerprint density at radius 3 is 2.42 bits per heavy atom. The Bertz CT molecular complexity index is 864. The third-order valence-corrected chi connectivity index (χ3v) is 6.12. The summed E-state index contributed by atoms with van der Waals surface area (Å²) in [6.07, 6.45) is 1.92. The average Bonchev–Trinajstić information content (AvgIpc) is 2.65. The normalized spacial score (nSPS) is 23.5. The molecule has 2 atom stereocenters. The Morgan fingerprint density at radius 1 is 1.00 bits per heavy atom. The maximum absolute atomic E-state index is 10.2. The van der Waals surface area contributed by atoms with Crippen LogP contribution in [0.1, 0.15) is 28.3 Å². The highest BCUT2D eigenvalue weighted by Gasteiger charge is 2.44. The van der Waals surface area contributed by atoms with Gasteiger partial charge in [0.25, 0.3) is 0 Å². The van der Waals surface area contributed by atoms with Crippen molar-refractivity contribution in [1.29, 1.82) is 0 Å². The molecule has 5 heteroatoms. The third kappa shape index (κ3) is 2.42. The van der Waals surface area contributed by atoms with Gasteiger partial charge in [-0.1, -0.05) is 6.07 Å². The van der Waals surface area contributed by atoms with Gasteiger partial charge in [-0.25, -0.2) is 0 Å². The van der Waals surface area contributed by atoms with Gasteiger partial charge in [0.1, 0.15) is 12.6 Å². The number of aromatic hydroxyl groups is 1. The minimum absolute atomic E-state index is 0.222. The van der Waals surface area contributed by atoms with E-state index in [2.05, 4.69) is 19.2 Å². The van der Waals surface area contributed by atoms with Crippen LogP contribution >= 0.6 is 0 Å². The molecule has 1 N–H and O–H groups in total. The molecule has 0 saturated carbocycles. The van der Waals surface area contributed by atoms with Crippen molar-refractivity contribution in [2.24, 2.45) is 0 Å². The standard InChI is InChI=1S/C21H25NO4/c1-22-8-7-14-10-19(24-2)20(25-3)11-15(14)17(22)9-13-5-6-18(23)21(26-4)16(13)12-22/h5-6,10-11,17H,7-9,12H2,1-4H3/p+1/t17-,22+/m0/s1. The number of rotatable bonds is 3. The molecule has 0 bridgehead atoms. The van der Waals surface area contributed by atoms with Gasteiger partial charge in [0, 0.05) is 18.4 Å². The number of fused-ring (bicyclic) bond motifs is 4. The van der Waals surface area contributed by atoms with E-state index in [0.717, 1.165) is 47.5 Å². The zero-order valence-corrected chi connectivity index (χ0v) is 15.8. The van der Waals surface area contributed by atoms with Gasteiger partial charge in [-0.3, -0.25) is 0 Å². The first kappa shape index (κ1) is 17.0. The zero-order chi connectivity index (χ0) is 18.5. The van der Waals surface area contributed by atoms with Gasteiger partial charge in [-0.2, -0.15) is 0 Å². The molecule has 2 aromatic rings. The fourth-order valence-corrected chi connectivity index (χ4v) is 4.67. The molecule has 0 saturated heterocycles. The van der Waals surface area contributed by atoms with E-state index in [9.17, 15) is 5.11 Å². The molecule has 4 rings (SSSR count). The highest BCUT2D eigenvalue weighted by Crippen LogP contribution is 2.48. The quantitative estimate of drug-likeness (QED) is 0.858. The molecule has 0 spiro atoms. The van der Waals surface area contributed by atoms with E-state index in [1.165, 1.54) is 16.7 Å². The van der Waals surface area contributed by atoms with Gasteiger partial charge in [0.2, 0.25) is 0 Å². The molecule has 5 nitrogen and oxygen atoms in total. The Kier molecular flexibility index (Phi) is 3.99. The summed E-state index contributed by atoms with van der Waals surface area (Å²) in [7, 11) is 7.30. The fourth-order valence-electron chi connectivity index (χ4n) is 4.67. The van der Waals surface area contributed by atoms with Crippen LogP contribution in [0.2, 0.25) is 0 Å². The predicted octanol–water partition coefficient (Wildman–Crippen LogP) is 3.22. The summed E-state index contributed by atoms with van der Waals surface area (Å²) < 4.78 is 17.5. The van der Waals surface area contributed by atoms with E-state index >= 15 is 0 Å². The van der Waals surface area contributed by atoms with E-state index in [-0.39, 0.29) is 5.75 Å². The highest BCUT2D eigenvalue weighted by molar-refractivity contribution is 5.53. The smallest absolute Gasteiger partial charge is 0.169 e. The number of nitrogens with zero attached hydrogens (tertiary/aromatic N) is 1. The number of benzene rings is 2. The van der Waals surface area contributed by atoms with Crippen LogP contribution in [0.25, 0.3) is 0 Å². The molecule has 2 aromatic carbocycles. The molecular formula is C21H26NO4+. The van der Waals surface area contributed by atoms with Crippen LogP contribution < -0.4 is 14.2 Å². The van der Waals surface area contributed by atoms with Crippen LogP contribution in [0.5, 0.6) is 23.0 Å². The predicted molar refractivity (Wildman–Crippen MR) is 99.1 cm³/mol. The first-order valence-electron chi connectivity index (χ1n) is 8.97. The molecule has 0 unspecified atom stereocenters. The SMILES string of the molecule is COc1cc2c(cc1OC)[C@@H]1Cc3ccc(O)c(OC)c3C[N@@+]1(C)CC2. The maximum Gasteiger partial charge on any atom is 0.169 e. The van der Waals surface area contributed by atoms with Crippen molar-refractivity contribution >= 4 is 0 Å². The Labute approximate surface area is 154 Å². The molecule has 0 aromatic heterocycles. The molecule has 0 aliphatic carbocycles. The number of hydrogen-bond acceptors (Lipinski definition) is 4. The van der Waals surface area contributed by atoms with E-state index in [4.69, 9.17) is 14.2 Å². The zero-order valence-electron chi connectivity index (χ0n) is 15.8. The lowest BCUT2D eigenvalue weighted by molar-refractivity contribution is -0.956. The van der Waals surface area contributed by atoms with Gasteiger partial charge in [-0.15, -0.1) is 0 Å². The summed E-state index contributed by atoms with van der Waals surface area (Å²) in [4.78, 5) is 0. The second kappa shape index (κ2) is 6.09. The van der Waals surface area contributed by atoms with Crippen molar-refractivity contribution in [3.63, 3.8) is 0 Å². The Balaban J connectivity index is 1.83. The van der Waals surface area contributed by atoms with Gasteiger partial charge in [0.05, 0.1) is 40.5 Å². The lowest BCUT2D eigenvalue weighted by atomic mass is 9.81. The van der Waals surface area contributed by atoms with Crippen LogP contribution in [-0.2, 0) is 19.4 Å². The molecule has 2 aliphatic heterocycles. The van der Waals surface area contributed by atoms with Gasteiger partial charge in [-0.05, 0) is 29.3 Å². The summed E-state index contributed by atoms with van der Waals surface area (Å²) in [6.45, 7) is 1.90. The minimum Gasteiger partial charge on any atom is -0.504 e. The van der Waals surface area contributed by atoms with E-state index in [0.29, 0.717) is 11.8 Å². The van der Waals surface area contributed by atoms with Crippen molar-refractivity contribution in [3.05, 3.63) is 46.5 Å². The largest absolute Gasteiger partial charge is 0.504 e. The molecule has 2 heterocycles. The van der Waals surface area contributed by atoms with Crippen molar-refractivity contribution < 1.29 is 23.8 Å². The van der Waals surface area contributed by atoms with Crippen LogP contribution in [0.15, 0.2) is 24.3 Å². The van der Waals surface area contributed by atoms with E-state index in [1.807, 2.05) is 6.07 Å². The summed E-state index contributed by atoms with van der Waals surface area (Å²) in [6, 6.07) is 8.42. The summed E-state index contributed by atoms with van der Waals surface area (Å²) >= 11 is 0. The van der Waals surface area contributed by atoms with Crippen molar-refractivity contribution in [3.8, 4) is 23.0 Å². The number of methoxy groups -OCH3 is 3. The van der Waals surface area contributed by atoms with E-state index in [1.54, 1.807) is 27.4 Å². The Morgan fingerprint density at radius 2 is 1.73 bits per heavy atom. The van der Waals surface area contributed by atoms with Gasteiger partial charge in [0.15, 0.2) is 23.0 Å². The van der Waals surface area contributed by atoms with E-state index < -0.39 is 0 Å². The molecule has 0 fully saturated rings. The number of phenols is 1. The summed E-state index contributed by atoms with van der Waals surface area (Å²) in [5.74, 6) is 2.43. The van der Waals surface area contributed by atoms with Crippen LogP contribution in [0, 0.1) is 0 Å². The number of likely N-dealkylation sites (N-methyl/N-ethyl adjacent to an activating group) is 1. The third-order valence-electron chi connectivity index (χ3n) is 6.12. The average molecular weight is 356 g/mol. The number of phenolic OH excluding ortho intramolecular Hbond substituents is 1. The molecule has 0 amide bonds. The van der Waals surface area contributed by atoms with Crippen molar-refractivity contribution in [1.82, 2.24) is 0 Å². The molecule has 138 valence electrons. The maximum atomic E-state index is 10.2. The number of hydrogen-bond donors (Lipinski definition) is 1. The second-order valence-electron chi connectivity index (χ2n) is 7.49. The van der Waals surface area contributed by atoms with Crippen molar-refractivity contribution in [2.75, 3.05) is 34.9 Å². The highest BCUT2D eigenvalue weighted by atomic mass is 16.5. The lowest BCUT2D eigenvalue weighted by Crippen LogP contribution is -2.53. The summed E-state index contributed by atoms with van der Waals surface area (Å²) in [5.41, 5.74) is 5.07. The first-order chi connectivity index (χ1) is 12.5. The molecule has 0 radical (unpaired) electrons. The summed E-state index contributed by atoms with van der Waals surface area (Å²) in [5, 5.41) is 10.2. The number of ether oxygens (including phenoxy) is 3. The molecular weight excluding hydrogens is 330 g/mol. The molecule has 2 aliphatic rings. The fraction of sp³-hybridized carbons (Fsp3) is 0.429. The number of quaternary nitrogens is 1. The van der Waals surface area contributed by atoms with Crippen LogP contribution in [-0.4, -0.2) is 44.5 Å². The topological polar surface area (TPSA) is 47.9 Å². The van der Waals surface area contributed by atoms with Crippen molar-refractivity contribution in [2.45, 2.75) is 25.4 Å². The van der Waals surface area contributed by atoms with Gasteiger partial charge >= 0.3 is 0 Å². The first-order valence-corrected chi connectivity index (χ1v) is 8.97. The monoisotopic (exact) mass is 356 g/mol. The Hall–Kier alpha value is -2.40.